The summed E-state index contributed by atoms with van der Waals surface area (Å²) < 4.78 is 16.5. The van der Waals surface area contributed by atoms with Gasteiger partial charge in [0.1, 0.15) is 20.8 Å². The van der Waals surface area contributed by atoms with E-state index in [-0.39, 0.29) is 0 Å². The zero-order chi connectivity index (χ0) is 10.7. The molecular formula is C10H8O2S3. The molecule has 0 aliphatic heterocycles. The van der Waals surface area contributed by atoms with Crippen LogP contribution in [-0.4, -0.2) is 11.3 Å². The first-order valence-corrected chi connectivity index (χ1v) is 7.10. The number of ether oxygens (including phenoxy) is 1. The summed E-state index contributed by atoms with van der Waals surface area (Å²) in [6, 6.07) is 9.76. The van der Waals surface area contributed by atoms with Crippen molar-refractivity contribution in [2.24, 2.45) is 0 Å². The minimum atomic E-state index is 0.546. The van der Waals surface area contributed by atoms with Crippen molar-refractivity contribution in [3.8, 4) is 16.2 Å². The van der Waals surface area contributed by atoms with Crippen LogP contribution in [0.4, 0.5) is 0 Å². The largest absolute Gasteiger partial charge is 0.497 e. The second-order valence-corrected chi connectivity index (χ2v) is 5.88. The molecule has 5 heteroatoms. The fourth-order valence-electron chi connectivity index (χ4n) is 1.17. The number of methoxy groups -OCH3 is 1. The molecule has 78 valence electrons. The molecule has 0 aliphatic rings. The fourth-order valence-corrected chi connectivity index (χ4v) is 3.98. The van der Waals surface area contributed by atoms with E-state index in [4.69, 9.17) is 4.74 Å². The van der Waals surface area contributed by atoms with Gasteiger partial charge in [0.15, 0.2) is 0 Å². The summed E-state index contributed by atoms with van der Waals surface area (Å²) >= 11 is 0.546. The van der Waals surface area contributed by atoms with Gasteiger partial charge < -0.3 is 4.74 Å². The maximum Gasteiger partial charge on any atom is 0.132 e. The van der Waals surface area contributed by atoms with E-state index in [0.29, 0.717) is 11.3 Å². The lowest BCUT2D eigenvalue weighted by Gasteiger charge is -2.00. The average molecular weight is 256 g/mol. The van der Waals surface area contributed by atoms with Gasteiger partial charge >= 0.3 is 0 Å². The van der Waals surface area contributed by atoms with E-state index in [0.717, 1.165) is 20.0 Å². The Labute approximate surface area is 98.2 Å². The highest BCUT2D eigenvalue weighted by Crippen LogP contribution is 2.29. The first kappa shape index (κ1) is 10.6. The van der Waals surface area contributed by atoms with Crippen LogP contribution in [0, 0.1) is 3.82 Å². The molecule has 0 spiro atoms. The summed E-state index contributed by atoms with van der Waals surface area (Å²) in [5.74, 6) is 0.845. The molecule has 0 saturated heterocycles. The van der Waals surface area contributed by atoms with Crippen molar-refractivity contribution in [3.05, 3.63) is 34.2 Å². The van der Waals surface area contributed by atoms with E-state index in [1.807, 2.05) is 30.3 Å². The molecule has 0 bridgehead atoms. The summed E-state index contributed by atoms with van der Waals surface area (Å²) in [5.41, 5.74) is 1.12. The Hall–Kier alpha value is -0.910. The Morgan fingerprint density at radius 1 is 1.20 bits per heavy atom. The lowest BCUT2D eigenvalue weighted by molar-refractivity contribution is 0.415. The van der Waals surface area contributed by atoms with E-state index >= 15 is 0 Å². The molecule has 2 aromatic rings. The molecule has 0 saturated carbocycles. The normalized spacial score (nSPS) is 9.93. The van der Waals surface area contributed by atoms with Crippen LogP contribution in [0.25, 0.3) is 10.4 Å². The monoisotopic (exact) mass is 256 g/mol. The topological polar surface area (TPSA) is 26.3 Å². The van der Waals surface area contributed by atoms with E-state index in [2.05, 4.69) is 0 Å². The second-order valence-electron chi connectivity index (χ2n) is 2.81. The van der Waals surface area contributed by atoms with Crippen LogP contribution in [0.15, 0.2) is 30.3 Å². The third kappa shape index (κ3) is 2.37. The molecule has 0 atom stereocenters. The third-order valence-electron chi connectivity index (χ3n) is 1.92. The van der Waals surface area contributed by atoms with Gasteiger partial charge in [0.25, 0.3) is 0 Å². The second kappa shape index (κ2) is 4.74. The zero-order valence-electron chi connectivity index (χ0n) is 7.93. The molecule has 0 fully saturated rings. The van der Waals surface area contributed by atoms with Gasteiger partial charge in [-0.1, -0.05) is 20.7 Å². The minimum Gasteiger partial charge on any atom is -0.497 e. The van der Waals surface area contributed by atoms with Crippen LogP contribution in [-0.2, 0) is 11.3 Å². The standard InChI is InChI=1S/C10H8O2S3/c1-12-8-4-2-7(3-5-8)9-6-10(13-11)15-14-9/h2-6H,1H3. The first-order valence-electron chi connectivity index (χ1n) is 4.21. The molecular weight excluding hydrogens is 248 g/mol. The number of hydrogen-bond donors (Lipinski definition) is 0. The van der Waals surface area contributed by atoms with Gasteiger partial charge in [0.05, 0.1) is 7.11 Å². The van der Waals surface area contributed by atoms with E-state index in [1.165, 1.54) is 10.3 Å². The molecule has 0 unspecified atom stereocenters. The summed E-state index contributed by atoms with van der Waals surface area (Å²) in [7, 11) is 4.78. The molecule has 0 N–H and O–H groups in total. The van der Waals surface area contributed by atoms with Gasteiger partial charge in [-0.05, 0) is 35.9 Å². The summed E-state index contributed by atoms with van der Waals surface area (Å²) in [5, 5.41) is 0. The van der Waals surface area contributed by atoms with Crippen LogP contribution in [0.1, 0.15) is 0 Å². The molecule has 2 nitrogen and oxygen atoms in total. The summed E-state index contributed by atoms with van der Waals surface area (Å²) in [6.45, 7) is 0. The third-order valence-corrected chi connectivity index (χ3v) is 5.20. The maximum atomic E-state index is 10.6. The maximum absolute atomic E-state index is 10.6. The fraction of sp³-hybridized carbons (Fsp3) is 0.100. The molecule has 1 aromatic heterocycles. The lowest BCUT2D eigenvalue weighted by Crippen LogP contribution is -1.81. The molecule has 2 rings (SSSR count). The quantitative estimate of drug-likeness (QED) is 0.609. The van der Waals surface area contributed by atoms with E-state index in [1.54, 1.807) is 17.5 Å². The molecule has 0 amide bonds. The molecule has 1 aromatic carbocycles. The van der Waals surface area contributed by atoms with Crippen LogP contribution in [0.3, 0.4) is 0 Å². The minimum absolute atomic E-state index is 0.546. The van der Waals surface area contributed by atoms with Crippen molar-refractivity contribution in [1.82, 2.24) is 0 Å². The molecule has 15 heavy (non-hydrogen) atoms. The summed E-state index contributed by atoms with van der Waals surface area (Å²) in [6.07, 6.45) is 0. The number of rotatable bonds is 2. The Balaban J connectivity index is 2.41. The van der Waals surface area contributed by atoms with Gasteiger partial charge in [-0.25, -0.2) is 4.21 Å². The molecule has 0 radical (unpaired) electrons. The Bertz CT molecular complexity index is 532. The van der Waals surface area contributed by atoms with Gasteiger partial charge in [-0.2, -0.15) is 0 Å². The van der Waals surface area contributed by atoms with Crippen molar-refractivity contribution in [1.29, 1.82) is 0 Å². The van der Waals surface area contributed by atoms with Crippen LogP contribution in [0.2, 0.25) is 0 Å². The highest BCUT2D eigenvalue weighted by atomic mass is 32.9. The van der Waals surface area contributed by atoms with Crippen molar-refractivity contribution < 1.29 is 8.95 Å². The zero-order valence-corrected chi connectivity index (χ0v) is 10.4. The van der Waals surface area contributed by atoms with E-state index < -0.39 is 0 Å². The lowest BCUT2D eigenvalue weighted by atomic mass is 10.2. The molecule has 1 heterocycles. The Kier molecular flexibility index (Phi) is 3.35. The SMILES string of the molecule is COc1ccc(-c2cc(=S=O)ss2)cc1. The van der Waals surface area contributed by atoms with Crippen LogP contribution >= 0.6 is 20.7 Å². The van der Waals surface area contributed by atoms with Gasteiger partial charge in [-0.3, -0.25) is 0 Å². The summed E-state index contributed by atoms with van der Waals surface area (Å²) in [4.78, 5) is 1.13. The predicted octanol–water partition coefficient (Wildman–Crippen LogP) is 3.23. The smallest absolute Gasteiger partial charge is 0.132 e. The van der Waals surface area contributed by atoms with Crippen molar-refractivity contribution in [2.45, 2.75) is 0 Å². The molecule has 0 aliphatic carbocycles. The van der Waals surface area contributed by atoms with Gasteiger partial charge in [0, 0.05) is 4.88 Å². The van der Waals surface area contributed by atoms with Crippen LogP contribution < -0.4 is 4.74 Å². The van der Waals surface area contributed by atoms with Gasteiger partial charge in [-0.15, -0.1) is 0 Å². The Morgan fingerprint density at radius 3 is 2.47 bits per heavy atom. The van der Waals surface area contributed by atoms with Crippen molar-refractivity contribution >= 4 is 31.9 Å². The Morgan fingerprint density at radius 2 is 1.93 bits per heavy atom. The number of benzene rings is 1. The van der Waals surface area contributed by atoms with E-state index in [9.17, 15) is 4.21 Å². The van der Waals surface area contributed by atoms with Crippen molar-refractivity contribution in [2.75, 3.05) is 7.11 Å². The highest BCUT2D eigenvalue weighted by molar-refractivity contribution is 7.74. The first-order chi connectivity index (χ1) is 7.33. The van der Waals surface area contributed by atoms with Gasteiger partial charge in [0.2, 0.25) is 0 Å². The van der Waals surface area contributed by atoms with Crippen LogP contribution in [0.5, 0.6) is 5.75 Å². The predicted molar refractivity (Wildman–Crippen MR) is 65.6 cm³/mol. The number of hydrogen-bond acceptors (Lipinski definition) is 4. The van der Waals surface area contributed by atoms with Crippen molar-refractivity contribution in [3.63, 3.8) is 0 Å². The highest BCUT2D eigenvalue weighted by Gasteiger charge is 2.00. The average Bonchev–Trinajstić information content (AvgIpc) is 2.78.